The summed E-state index contributed by atoms with van der Waals surface area (Å²) in [5.74, 6) is 1.61. The van der Waals surface area contributed by atoms with Gasteiger partial charge in [-0.3, -0.25) is 0 Å². The van der Waals surface area contributed by atoms with Crippen molar-refractivity contribution in [2.75, 3.05) is 12.4 Å². The van der Waals surface area contributed by atoms with Crippen LogP contribution in [0.2, 0.25) is 5.02 Å². The van der Waals surface area contributed by atoms with Crippen LogP contribution in [-0.4, -0.2) is 17.1 Å². The van der Waals surface area contributed by atoms with E-state index in [0.717, 1.165) is 38.6 Å². The van der Waals surface area contributed by atoms with Crippen molar-refractivity contribution in [1.82, 2.24) is 9.97 Å². The van der Waals surface area contributed by atoms with E-state index < -0.39 is 0 Å². The highest BCUT2D eigenvalue weighted by molar-refractivity contribution is 7.17. The Bertz CT molecular complexity index is 1010. The average molecular weight is 368 g/mol. The number of anilines is 2. The summed E-state index contributed by atoms with van der Waals surface area (Å²) in [6.45, 7) is 0. The summed E-state index contributed by atoms with van der Waals surface area (Å²) >= 11 is 7.56. The highest BCUT2D eigenvalue weighted by atomic mass is 35.5. The van der Waals surface area contributed by atoms with Gasteiger partial charge in [0.15, 0.2) is 0 Å². The molecule has 0 aliphatic rings. The number of rotatable bonds is 4. The lowest BCUT2D eigenvalue weighted by atomic mass is 10.1. The molecule has 4 rings (SSSR count). The fourth-order valence-corrected chi connectivity index (χ4v) is 3.66. The Morgan fingerprint density at radius 3 is 2.48 bits per heavy atom. The number of hydrogen-bond acceptors (Lipinski definition) is 5. The summed E-state index contributed by atoms with van der Waals surface area (Å²) in [6, 6.07) is 15.5. The molecule has 0 fully saturated rings. The quantitative estimate of drug-likeness (QED) is 0.497. The largest absolute Gasteiger partial charge is 0.497 e. The second kappa shape index (κ2) is 6.70. The first kappa shape index (κ1) is 15.9. The molecule has 0 unspecified atom stereocenters. The number of ether oxygens (including phenoxy) is 1. The third-order valence-electron chi connectivity index (χ3n) is 3.88. The summed E-state index contributed by atoms with van der Waals surface area (Å²) in [5.41, 5.74) is 3.12. The molecule has 0 saturated heterocycles. The Labute approximate surface area is 154 Å². The van der Waals surface area contributed by atoms with Crippen LogP contribution >= 0.6 is 22.9 Å². The molecule has 2 heterocycles. The molecule has 0 spiro atoms. The number of nitrogens with one attached hydrogen (secondary N) is 1. The number of nitrogens with zero attached hydrogens (tertiary/aromatic N) is 2. The molecule has 0 saturated carbocycles. The Kier molecular flexibility index (Phi) is 4.26. The van der Waals surface area contributed by atoms with Crippen molar-refractivity contribution in [3.05, 3.63) is 65.3 Å². The molecular formula is C19H14ClN3OS. The molecule has 2 aromatic heterocycles. The Morgan fingerprint density at radius 2 is 1.76 bits per heavy atom. The Hall–Kier alpha value is -2.63. The Morgan fingerprint density at radius 1 is 1.00 bits per heavy atom. The third kappa shape index (κ3) is 3.16. The number of thiophene rings is 1. The van der Waals surface area contributed by atoms with E-state index in [2.05, 4.69) is 20.7 Å². The Balaban J connectivity index is 1.79. The van der Waals surface area contributed by atoms with Crippen molar-refractivity contribution < 1.29 is 4.74 Å². The molecular weight excluding hydrogens is 354 g/mol. The summed E-state index contributed by atoms with van der Waals surface area (Å²) in [4.78, 5) is 9.78. The van der Waals surface area contributed by atoms with Gasteiger partial charge < -0.3 is 10.1 Å². The van der Waals surface area contributed by atoms with E-state index in [0.29, 0.717) is 5.02 Å². The van der Waals surface area contributed by atoms with Gasteiger partial charge in [0.1, 0.15) is 22.7 Å². The van der Waals surface area contributed by atoms with E-state index >= 15 is 0 Å². The van der Waals surface area contributed by atoms with Gasteiger partial charge >= 0.3 is 0 Å². The maximum absolute atomic E-state index is 5.96. The maximum atomic E-state index is 5.96. The van der Waals surface area contributed by atoms with Gasteiger partial charge in [0.05, 0.1) is 12.5 Å². The van der Waals surface area contributed by atoms with Crippen LogP contribution in [-0.2, 0) is 0 Å². The highest BCUT2D eigenvalue weighted by Gasteiger charge is 2.13. The maximum Gasteiger partial charge on any atom is 0.143 e. The second-order valence-corrected chi connectivity index (χ2v) is 6.71. The molecule has 6 heteroatoms. The smallest absolute Gasteiger partial charge is 0.143 e. The van der Waals surface area contributed by atoms with Crippen LogP contribution in [0.5, 0.6) is 5.75 Å². The number of methoxy groups -OCH3 is 1. The fourth-order valence-electron chi connectivity index (χ4n) is 2.62. The van der Waals surface area contributed by atoms with E-state index in [4.69, 9.17) is 16.3 Å². The van der Waals surface area contributed by atoms with Crippen LogP contribution in [0.3, 0.4) is 0 Å². The van der Waals surface area contributed by atoms with Crippen molar-refractivity contribution in [3.8, 4) is 16.9 Å². The fraction of sp³-hybridized carbons (Fsp3) is 0.0526. The first-order valence-corrected chi connectivity index (χ1v) is 8.89. The van der Waals surface area contributed by atoms with E-state index in [1.165, 1.54) is 0 Å². The van der Waals surface area contributed by atoms with E-state index in [9.17, 15) is 0 Å². The van der Waals surface area contributed by atoms with Crippen molar-refractivity contribution in [1.29, 1.82) is 0 Å². The van der Waals surface area contributed by atoms with Gasteiger partial charge in [0.2, 0.25) is 0 Å². The van der Waals surface area contributed by atoms with Crippen LogP contribution in [0.1, 0.15) is 0 Å². The zero-order chi connectivity index (χ0) is 17.2. The average Bonchev–Trinajstić information content (AvgIpc) is 3.09. The second-order valence-electron chi connectivity index (χ2n) is 5.41. The molecule has 0 bridgehead atoms. The summed E-state index contributed by atoms with van der Waals surface area (Å²) in [7, 11) is 1.66. The van der Waals surface area contributed by atoms with Gasteiger partial charge in [-0.2, -0.15) is 0 Å². The predicted octanol–water partition coefficient (Wildman–Crippen LogP) is 5.76. The molecule has 25 heavy (non-hydrogen) atoms. The van der Waals surface area contributed by atoms with E-state index in [-0.39, 0.29) is 0 Å². The first-order chi connectivity index (χ1) is 12.2. The number of halogens is 1. The van der Waals surface area contributed by atoms with Gasteiger partial charge in [-0.15, -0.1) is 11.3 Å². The minimum absolute atomic E-state index is 0.702. The lowest BCUT2D eigenvalue weighted by molar-refractivity contribution is 0.415. The standard InChI is InChI=1S/C19H14ClN3OS/c1-24-15-8-2-12(3-9-15)16-10-25-19-17(16)18(21-11-22-19)23-14-6-4-13(20)5-7-14/h2-11H,1H3,(H,21,22,23). The van der Waals surface area contributed by atoms with Crippen LogP contribution in [0, 0.1) is 0 Å². The number of hydrogen-bond donors (Lipinski definition) is 1. The SMILES string of the molecule is COc1ccc(-c2csc3ncnc(Nc4ccc(Cl)cc4)c23)cc1. The highest BCUT2D eigenvalue weighted by Crippen LogP contribution is 2.37. The minimum Gasteiger partial charge on any atom is -0.497 e. The lowest BCUT2D eigenvalue weighted by Crippen LogP contribution is -1.95. The van der Waals surface area contributed by atoms with Gasteiger partial charge in [0, 0.05) is 21.7 Å². The number of fused-ring (bicyclic) bond motifs is 1. The van der Waals surface area contributed by atoms with Gasteiger partial charge in [0.25, 0.3) is 0 Å². The molecule has 0 aliphatic carbocycles. The molecule has 0 aliphatic heterocycles. The molecule has 0 radical (unpaired) electrons. The minimum atomic E-state index is 0.702. The molecule has 0 atom stereocenters. The van der Waals surface area contributed by atoms with Gasteiger partial charge in [-0.25, -0.2) is 9.97 Å². The van der Waals surface area contributed by atoms with Crippen LogP contribution < -0.4 is 10.1 Å². The van der Waals surface area contributed by atoms with Crippen LogP contribution in [0.25, 0.3) is 21.3 Å². The van der Waals surface area contributed by atoms with Crippen LogP contribution in [0.15, 0.2) is 60.2 Å². The van der Waals surface area contributed by atoms with Crippen molar-refractivity contribution >= 4 is 44.7 Å². The van der Waals surface area contributed by atoms with Gasteiger partial charge in [-0.05, 0) is 42.0 Å². The van der Waals surface area contributed by atoms with Crippen LogP contribution in [0.4, 0.5) is 11.5 Å². The summed E-state index contributed by atoms with van der Waals surface area (Å²) in [5, 5.41) is 7.18. The van der Waals surface area contributed by atoms with Crippen molar-refractivity contribution in [2.24, 2.45) is 0 Å². The number of aromatic nitrogens is 2. The van der Waals surface area contributed by atoms with E-state index in [1.54, 1.807) is 24.8 Å². The first-order valence-electron chi connectivity index (χ1n) is 7.64. The zero-order valence-corrected chi connectivity index (χ0v) is 14.9. The van der Waals surface area contributed by atoms with Gasteiger partial charge in [-0.1, -0.05) is 23.7 Å². The van der Waals surface area contributed by atoms with Crippen molar-refractivity contribution in [3.63, 3.8) is 0 Å². The topological polar surface area (TPSA) is 47.0 Å². The molecule has 4 nitrogen and oxygen atoms in total. The van der Waals surface area contributed by atoms with Crippen molar-refractivity contribution in [2.45, 2.75) is 0 Å². The normalized spacial score (nSPS) is 10.8. The molecule has 4 aromatic rings. The molecule has 2 aromatic carbocycles. The number of benzene rings is 2. The summed E-state index contributed by atoms with van der Waals surface area (Å²) in [6.07, 6.45) is 1.58. The molecule has 124 valence electrons. The molecule has 0 amide bonds. The third-order valence-corrected chi connectivity index (χ3v) is 5.02. The molecule has 1 N–H and O–H groups in total. The van der Waals surface area contributed by atoms with E-state index in [1.807, 2.05) is 48.5 Å². The zero-order valence-electron chi connectivity index (χ0n) is 13.4. The summed E-state index contributed by atoms with van der Waals surface area (Å²) < 4.78 is 5.24. The lowest BCUT2D eigenvalue weighted by Gasteiger charge is -2.09. The predicted molar refractivity (Wildman–Crippen MR) is 104 cm³/mol. The monoisotopic (exact) mass is 367 g/mol.